The van der Waals surface area contributed by atoms with Gasteiger partial charge in [0.15, 0.2) is 5.67 Å². The van der Waals surface area contributed by atoms with Crippen molar-refractivity contribution in [2.24, 2.45) is 0 Å². The van der Waals surface area contributed by atoms with Crippen LogP contribution in [0.3, 0.4) is 0 Å². The summed E-state index contributed by atoms with van der Waals surface area (Å²) < 4.78 is 82.7. The van der Waals surface area contributed by atoms with E-state index in [2.05, 4.69) is 10.3 Å². The van der Waals surface area contributed by atoms with Crippen LogP contribution >= 0.6 is 23.5 Å². The van der Waals surface area contributed by atoms with Crippen molar-refractivity contribution in [1.82, 2.24) is 19.5 Å². The minimum Gasteiger partial charge on any atom is -0.350 e. The zero-order valence-corrected chi connectivity index (χ0v) is 21.9. The summed E-state index contributed by atoms with van der Waals surface area (Å²) in [5, 5.41) is 2.64. The first-order valence-corrected chi connectivity index (χ1v) is 13.0. The Morgan fingerprint density at radius 1 is 1.10 bits per heavy atom. The van der Waals surface area contributed by atoms with E-state index in [-0.39, 0.29) is 43.1 Å². The van der Waals surface area contributed by atoms with Gasteiger partial charge in [-0.15, -0.1) is 0 Å². The van der Waals surface area contributed by atoms with E-state index in [9.17, 15) is 31.5 Å². The maximum atomic E-state index is 15.3. The van der Waals surface area contributed by atoms with Crippen LogP contribution in [0.25, 0.3) is 11.1 Å². The second kappa shape index (κ2) is 11.4. The van der Waals surface area contributed by atoms with Crippen molar-refractivity contribution in [1.29, 1.82) is 0 Å². The number of alkyl halides is 6. The van der Waals surface area contributed by atoms with E-state index in [1.807, 2.05) is 0 Å². The Kier molecular flexibility index (Phi) is 8.52. The van der Waals surface area contributed by atoms with Gasteiger partial charge >= 0.3 is 6.18 Å². The maximum absolute atomic E-state index is 15.3. The lowest BCUT2D eigenvalue weighted by atomic mass is 9.93. The van der Waals surface area contributed by atoms with Crippen LogP contribution in [0.15, 0.2) is 53.6 Å². The van der Waals surface area contributed by atoms with Gasteiger partial charge in [-0.25, -0.2) is 17.5 Å². The summed E-state index contributed by atoms with van der Waals surface area (Å²) in [5.41, 5.74) is -2.64. The van der Waals surface area contributed by atoms with Gasteiger partial charge in [0, 0.05) is 65.8 Å². The molecule has 210 valence electrons. The Labute approximate surface area is 229 Å². The minimum absolute atomic E-state index is 0.120. The van der Waals surface area contributed by atoms with Crippen molar-refractivity contribution < 1.29 is 35.9 Å². The molecule has 0 aliphatic carbocycles. The second-order valence-corrected chi connectivity index (χ2v) is 10.7. The number of carbonyl (C=O) groups excluding carboxylic acids is 2. The van der Waals surface area contributed by atoms with Gasteiger partial charge in [0.1, 0.15) is 5.69 Å². The zero-order valence-electron chi connectivity index (χ0n) is 20.3. The molecule has 14 heteroatoms. The molecule has 2 aliphatic rings. The number of halogens is 7. The molecule has 0 atom stereocenters. The lowest BCUT2D eigenvalue weighted by Gasteiger charge is -2.37. The van der Waals surface area contributed by atoms with Gasteiger partial charge in [-0.2, -0.15) is 13.2 Å². The fraction of sp³-hybridized carbons (Fsp3) is 0.400. The topological polar surface area (TPSA) is 65.5 Å². The highest BCUT2D eigenvalue weighted by Crippen LogP contribution is 2.41. The summed E-state index contributed by atoms with van der Waals surface area (Å²) in [6.07, 6.45) is -1.59. The Morgan fingerprint density at radius 3 is 2.38 bits per heavy atom. The third-order valence-corrected chi connectivity index (χ3v) is 7.74. The molecule has 1 N–H and O–H groups in total. The van der Waals surface area contributed by atoms with Crippen LogP contribution in [0.2, 0.25) is 5.02 Å². The number of hydrogen-bond acceptors (Lipinski definition) is 5. The monoisotopic (exact) mass is 592 g/mol. The standard InChI is InChI=1S/C25H23ClF6N4O2S/c26-18-5-2-1-4-16(18)17-12-20(25(30,31)32)34-13-19(17)39-36-10-7-23(27,8-11-36)22(38)33-9-3-6-21(37)35-14-24(28,29)15-35/h1-6,12-13H,7-11,14-15H2,(H,33,38)/b6-3+. The molecule has 6 nitrogen and oxygen atoms in total. The van der Waals surface area contributed by atoms with E-state index < -0.39 is 48.4 Å². The number of nitrogens with one attached hydrogen (secondary N) is 1. The number of carbonyl (C=O) groups is 2. The molecule has 2 aliphatic heterocycles. The summed E-state index contributed by atoms with van der Waals surface area (Å²) in [6, 6.07) is 7.38. The first kappa shape index (κ1) is 29.2. The molecule has 0 bridgehead atoms. The molecule has 3 heterocycles. The SMILES string of the molecule is O=C(/C=C/CNC(=O)C1(F)CCN(Sc2cnc(C(F)(F)F)cc2-c2ccccc2Cl)CC1)N1CC(F)(F)C1. The maximum Gasteiger partial charge on any atom is 0.433 e. The molecular weight excluding hydrogens is 570 g/mol. The van der Waals surface area contributed by atoms with Gasteiger partial charge in [-0.3, -0.25) is 14.6 Å². The van der Waals surface area contributed by atoms with Gasteiger partial charge in [-0.1, -0.05) is 35.9 Å². The minimum atomic E-state index is -4.66. The van der Waals surface area contributed by atoms with Crippen molar-refractivity contribution in [2.45, 2.75) is 35.5 Å². The Morgan fingerprint density at radius 2 is 1.77 bits per heavy atom. The molecule has 0 unspecified atom stereocenters. The summed E-state index contributed by atoms with van der Waals surface area (Å²) in [6.45, 7) is -1.23. The van der Waals surface area contributed by atoms with E-state index in [4.69, 9.17) is 11.6 Å². The lowest BCUT2D eigenvalue weighted by Crippen LogP contribution is -2.58. The van der Waals surface area contributed by atoms with Crippen molar-refractivity contribution in [3.8, 4) is 11.1 Å². The Balaban J connectivity index is 1.35. The van der Waals surface area contributed by atoms with Gasteiger partial charge in [0.2, 0.25) is 5.91 Å². The van der Waals surface area contributed by atoms with E-state index in [1.54, 1.807) is 28.6 Å². The van der Waals surface area contributed by atoms with Gasteiger partial charge in [0.25, 0.3) is 11.8 Å². The fourth-order valence-corrected chi connectivity index (χ4v) is 5.35. The Hall–Kier alpha value is -2.77. The molecule has 2 aromatic rings. The second-order valence-electron chi connectivity index (χ2n) is 9.19. The lowest BCUT2D eigenvalue weighted by molar-refractivity contribution is -0.160. The summed E-state index contributed by atoms with van der Waals surface area (Å²) in [5.74, 6) is -4.37. The molecule has 2 saturated heterocycles. The molecule has 2 fully saturated rings. The molecular formula is C25H23ClF6N4O2S. The van der Waals surface area contributed by atoms with Crippen LogP contribution in [0.4, 0.5) is 26.3 Å². The van der Waals surface area contributed by atoms with Crippen LogP contribution in [0, 0.1) is 0 Å². The third-order valence-electron chi connectivity index (χ3n) is 6.27. The highest BCUT2D eigenvalue weighted by molar-refractivity contribution is 7.97. The number of piperidine rings is 1. The van der Waals surface area contributed by atoms with Crippen molar-refractivity contribution >= 4 is 35.4 Å². The molecule has 4 rings (SSSR count). The predicted molar refractivity (Wildman–Crippen MR) is 134 cm³/mol. The molecule has 1 aromatic carbocycles. The number of hydrogen-bond donors (Lipinski definition) is 1. The predicted octanol–water partition coefficient (Wildman–Crippen LogP) is 5.38. The van der Waals surface area contributed by atoms with Crippen LogP contribution in [-0.4, -0.2) is 70.3 Å². The van der Waals surface area contributed by atoms with E-state index in [0.717, 1.165) is 35.2 Å². The number of aromatic nitrogens is 1. The van der Waals surface area contributed by atoms with Crippen LogP contribution in [0.1, 0.15) is 18.5 Å². The van der Waals surface area contributed by atoms with E-state index >= 15 is 4.39 Å². The first-order chi connectivity index (χ1) is 18.3. The molecule has 0 radical (unpaired) electrons. The quantitative estimate of drug-likeness (QED) is 0.266. The van der Waals surface area contributed by atoms with Crippen molar-refractivity contribution in [3.63, 3.8) is 0 Å². The van der Waals surface area contributed by atoms with E-state index in [0.29, 0.717) is 10.5 Å². The van der Waals surface area contributed by atoms with Crippen LogP contribution < -0.4 is 5.32 Å². The zero-order chi connectivity index (χ0) is 28.4. The summed E-state index contributed by atoms with van der Waals surface area (Å²) in [4.78, 5) is 29.1. The largest absolute Gasteiger partial charge is 0.433 e. The smallest absolute Gasteiger partial charge is 0.350 e. The summed E-state index contributed by atoms with van der Waals surface area (Å²) >= 11 is 7.35. The molecule has 1 aromatic heterocycles. The normalized spacial score (nSPS) is 19.1. The fourth-order valence-electron chi connectivity index (χ4n) is 4.10. The number of pyridine rings is 1. The highest BCUT2D eigenvalue weighted by Gasteiger charge is 2.45. The number of amides is 2. The van der Waals surface area contributed by atoms with Gasteiger partial charge in [0.05, 0.1) is 13.1 Å². The highest BCUT2D eigenvalue weighted by atomic mass is 35.5. The van der Waals surface area contributed by atoms with Gasteiger partial charge in [-0.05, 0) is 24.1 Å². The number of rotatable bonds is 7. The van der Waals surface area contributed by atoms with Crippen molar-refractivity contribution in [2.75, 3.05) is 32.7 Å². The average Bonchev–Trinajstić information content (AvgIpc) is 2.86. The number of nitrogens with zero attached hydrogens (tertiary/aromatic N) is 3. The van der Waals surface area contributed by atoms with Crippen LogP contribution in [-0.2, 0) is 15.8 Å². The number of benzene rings is 1. The van der Waals surface area contributed by atoms with Crippen molar-refractivity contribution in [3.05, 3.63) is 59.4 Å². The average molecular weight is 593 g/mol. The molecule has 2 amide bonds. The first-order valence-electron chi connectivity index (χ1n) is 11.8. The molecule has 39 heavy (non-hydrogen) atoms. The number of likely N-dealkylation sites (tertiary alicyclic amines) is 1. The third kappa shape index (κ3) is 7.06. The molecule has 0 saturated carbocycles. The summed E-state index contributed by atoms with van der Waals surface area (Å²) in [7, 11) is 0. The van der Waals surface area contributed by atoms with E-state index in [1.165, 1.54) is 6.08 Å². The van der Waals surface area contributed by atoms with Gasteiger partial charge < -0.3 is 10.2 Å². The Bertz CT molecular complexity index is 1260. The molecule has 0 spiro atoms. The van der Waals surface area contributed by atoms with Crippen LogP contribution in [0.5, 0.6) is 0 Å².